The van der Waals surface area contributed by atoms with Crippen molar-refractivity contribution in [3.8, 4) is 89.6 Å². The van der Waals surface area contributed by atoms with Crippen LogP contribution >= 0.6 is 0 Å². The van der Waals surface area contributed by atoms with Crippen LogP contribution in [0.15, 0.2) is 308 Å². The summed E-state index contributed by atoms with van der Waals surface area (Å²) in [6.45, 7) is 11.0. The lowest BCUT2D eigenvalue weighted by Crippen LogP contribution is -2.31. The average Bonchev–Trinajstić information content (AvgIpc) is 1.53. The van der Waals surface area contributed by atoms with E-state index in [4.69, 9.17) is 19.4 Å². The lowest BCUT2D eigenvalue weighted by Gasteiger charge is -2.20. The summed E-state index contributed by atoms with van der Waals surface area (Å²) >= 11 is 0. The monoisotopic (exact) mass is 1310 g/mol. The van der Waals surface area contributed by atoms with Crippen LogP contribution in [0.1, 0.15) is 37.5 Å². The van der Waals surface area contributed by atoms with E-state index in [1.807, 2.05) is 6.20 Å². The minimum Gasteiger partial charge on any atom is -0.454 e. The van der Waals surface area contributed by atoms with Gasteiger partial charge in [0.05, 0.1) is 72.2 Å². The molecule has 0 N–H and O–H groups in total. The highest BCUT2D eigenvalue weighted by atomic mass is 16.3. The first-order chi connectivity index (χ1) is 50.0. The number of rotatable bonds is 10. The number of nitrogens with zero attached hydrogens (tertiary/aromatic N) is 9. The number of hydrogen-bond acceptors (Lipinski definition) is 4. The van der Waals surface area contributed by atoms with Gasteiger partial charge < -0.3 is 4.42 Å². The lowest BCUT2D eigenvalue weighted by molar-refractivity contribution is -0.571. The molecule has 0 aliphatic rings. The van der Waals surface area contributed by atoms with Crippen molar-refractivity contribution in [3.05, 3.63) is 326 Å². The van der Waals surface area contributed by atoms with Crippen LogP contribution in [-0.2, 0) is 5.41 Å². The second kappa shape index (κ2) is 22.7. The highest BCUT2D eigenvalue weighted by Gasteiger charge is 2.29. The van der Waals surface area contributed by atoms with Gasteiger partial charge in [0.2, 0.25) is 11.6 Å². The van der Waals surface area contributed by atoms with Crippen LogP contribution in [0.5, 0.6) is 0 Å². The molecular weight excluding hydrogens is 1250 g/mol. The summed E-state index contributed by atoms with van der Waals surface area (Å²) in [4.78, 5) is 16.4. The topological polar surface area (TPSA) is 79.3 Å². The summed E-state index contributed by atoms with van der Waals surface area (Å²) in [5, 5.41) is 1.95. The zero-order chi connectivity index (χ0) is 68.1. The fourth-order valence-electron chi connectivity index (χ4n) is 15.7. The maximum absolute atomic E-state index is 7.26. The Labute approximate surface area is 587 Å². The molecule has 0 bridgehead atoms. The molecular formula is C92H65N9O. The summed E-state index contributed by atoms with van der Waals surface area (Å²) in [6.07, 6.45) is 6.09. The highest BCUT2D eigenvalue weighted by molar-refractivity contribution is 6.11. The zero-order valence-corrected chi connectivity index (χ0v) is 56.8. The van der Waals surface area contributed by atoms with Gasteiger partial charge in [-0.3, -0.25) is 27.1 Å². The molecule has 20 aromatic rings. The van der Waals surface area contributed by atoms with E-state index >= 15 is 0 Å². The quantitative estimate of drug-likeness (QED) is 0.101. The van der Waals surface area contributed by atoms with Crippen molar-refractivity contribution < 1.29 is 8.98 Å². The number of hydrogen-bond donors (Lipinski definition) is 0. The van der Waals surface area contributed by atoms with Crippen molar-refractivity contribution in [3.63, 3.8) is 0 Å². The number of aromatic nitrogens is 9. The van der Waals surface area contributed by atoms with Crippen LogP contribution in [0.25, 0.3) is 178 Å². The van der Waals surface area contributed by atoms with E-state index in [1.54, 1.807) is 0 Å². The standard InChI is InChI=1S/C92H65N9O/c1-57-25-22-40-77-86(57)94-90-98(77)79-54-81-82(101(85-51-69(43-44-93-85)92(3,4)5)91-95-87-58(2)26-23-41-78(87)99(81)91)55-80(79)100(90)83-53-70(52-74-73-35-18-21-42-84(73)102-89(74)83)96-56-97(76-39-20-19-38-75(76)96)88-71(67-47-63(59-27-10-6-11-28-59)45-64(48-67)60-29-12-7-13-30-60)36-24-37-72(88)68-49-65(61-31-14-8-15-32-61)46-66(50-68)62-33-16-9-17-34-62/h6-55H,1-5H3. The van der Waals surface area contributed by atoms with E-state index in [1.165, 1.54) is 5.56 Å². The van der Waals surface area contributed by atoms with Crippen molar-refractivity contribution in [1.82, 2.24) is 37.5 Å². The fraction of sp³-hybridized carbons (Fsp3) is 0.0652. The minimum absolute atomic E-state index is 0.140. The molecule has 0 aliphatic carbocycles. The third kappa shape index (κ3) is 9.26. The number of fused-ring (bicyclic) bond motifs is 14. The molecule has 102 heavy (non-hydrogen) atoms. The van der Waals surface area contributed by atoms with E-state index < -0.39 is 0 Å². The molecule has 10 heteroatoms. The first-order valence-corrected chi connectivity index (χ1v) is 34.8. The zero-order valence-electron chi connectivity index (χ0n) is 56.8. The van der Waals surface area contributed by atoms with Gasteiger partial charge in [0.25, 0.3) is 6.33 Å². The molecule has 0 radical (unpaired) electrons. The van der Waals surface area contributed by atoms with Crippen molar-refractivity contribution in [2.75, 3.05) is 0 Å². The molecule has 0 atom stereocenters. The summed E-state index contributed by atoms with van der Waals surface area (Å²) in [6, 6.07) is 107. The van der Waals surface area contributed by atoms with Crippen LogP contribution < -0.4 is 4.57 Å². The van der Waals surface area contributed by atoms with Crippen LogP contribution in [0.4, 0.5) is 0 Å². The number of pyridine rings is 1. The van der Waals surface area contributed by atoms with Gasteiger partial charge in [0, 0.05) is 17.0 Å². The van der Waals surface area contributed by atoms with Gasteiger partial charge in [0.15, 0.2) is 5.58 Å². The van der Waals surface area contributed by atoms with Crippen molar-refractivity contribution in [2.45, 2.75) is 40.0 Å². The first-order valence-electron chi connectivity index (χ1n) is 34.8. The summed E-state index contributed by atoms with van der Waals surface area (Å²) in [5.74, 6) is 2.32. The van der Waals surface area contributed by atoms with Gasteiger partial charge in [-0.25, -0.2) is 15.0 Å². The molecule has 7 aromatic heterocycles. The summed E-state index contributed by atoms with van der Waals surface area (Å²) in [5.41, 5.74) is 30.4. The van der Waals surface area contributed by atoms with Crippen LogP contribution in [0, 0.1) is 20.2 Å². The maximum Gasteiger partial charge on any atom is 0.269 e. The highest BCUT2D eigenvalue weighted by Crippen LogP contribution is 2.45. The Balaban J connectivity index is 0.887. The largest absolute Gasteiger partial charge is 0.454 e. The lowest BCUT2D eigenvalue weighted by atomic mass is 9.88. The molecule has 13 aromatic carbocycles. The smallest absolute Gasteiger partial charge is 0.269 e. The Bertz CT molecular complexity index is 6540. The molecule has 0 saturated carbocycles. The van der Waals surface area contributed by atoms with Crippen LogP contribution in [-0.4, -0.2) is 37.5 Å². The minimum atomic E-state index is -0.140. The Kier molecular flexibility index (Phi) is 13.1. The molecule has 7 heterocycles. The van der Waals surface area contributed by atoms with Gasteiger partial charge in [-0.1, -0.05) is 227 Å². The number of furan rings is 1. The first kappa shape index (κ1) is 58.9. The van der Waals surface area contributed by atoms with Crippen molar-refractivity contribution in [1.29, 1.82) is 0 Å². The predicted molar refractivity (Wildman–Crippen MR) is 416 cm³/mol. The summed E-state index contributed by atoms with van der Waals surface area (Å²) in [7, 11) is 0. The van der Waals surface area contributed by atoms with E-state index in [-0.39, 0.29) is 5.41 Å². The van der Waals surface area contributed by atoms with Gasteiger partial charge in [-0.05, 0) is 194 Å². The number of aryl methyl sites for hydroxylation is 2. The maximum atomic E-state index is 7.26. The molecule has 0 unspecified atom stereocenters. The molecule has 484 valence electrons. The van der Waals surface area contributed by atoms with E-state index in [2.05, 4.69) is 365 Å². The third-order valence-corrected chi connectivity index (χ3v) is 20.7. The molecule has 0 aliphatic heterocycles. The third-order valence-electron chi connectivity index (χ3n) is 20.7. The second-order valence-corrected chi connectivity index (χ2v) is 28.0. The number of para-hydroxylation sites is 6. The SMILES string of the molecule is Cc1cccc2c1nc1n(-c3cc(C(C)(C)C)ccn3)c3cc4c(cc3n21)n1c2cccc(C)c2nc1n4-c1cc(-n2[c-][n+](-c3c(-c4cc(-c5ccccc5)cc(-c5ccccc5)c4)cccc3-c3cc(-c4ccccc4)cc(-c4ccccc4)c3)c3ccccc32)cc2c1oc1ccccc12. The van der Waals surface area contributed by atoms with E-state index in [9.17, 15) is 0 Å². The van der Waals surface area contributed by atoms with Crippen LogP contribution in [0.3, 0.4) is 0 Å². The Morgan fingerprint density at radius 3 is 1.41 bits per heavy atom. The number of imidazole rings is 5. The van der Waals surface area contributed by atoms with E-state index in [0.717, 1.165) is 189 Å². The molecule has 0 amide bonds. The predicted octanol–water partition coefficient (Wildman–Crippen LogP) is 22.4. The van der Waals surface area contributed by atoms with Gasteiger partial charge in [-0.2, -0.15) is 0 Å². The van der Waals surface area contributed by atoms with Gasteiger partial charge >= 0.3 is 0 Å². The molecule has 0 fully saturated rings. The molecule has 10 nitrogen and oxygen atoms in total. The Morgan fingerprint density at radius 1 is 0.382 bits per heavy atom. The van der Waals surface area contributed by atoms with Crippen LogP contribution in [0.2, 0.25) is 0 Å². The Morgan fingerprint density at radius 2 is 0.853 bits per heavy atom. The average molecular weight is 1310 g/mol. The van der Waals surface area contributed by atoms with E-state index in [0.29, 0.717) is 0 Å². The second-order valence-electron chi connectivity index (χ2n) is 28.0. The van der Waals surface area contributed by atoms with Gasteiger partial charge in [-0.15, -0.1) is 0 Å². The Hall–Kier alpha value is -13.2. The summed E-state index contributed by atoms with van der Waals surface area (Å²) < 4.78 is 21.0. The van der Waals surface area contributed by atoms with Crippen molar-refractivity contribution >= 4 is 88.7 Å². The van der Waals surface area contributed by atoms with Gasteiger partial charge in [0.1, 0.15) is 11.4 Å². The normalized spacial score (nSPS) is 12.2. The van der Waals surface area contributed by atoms with Crippen molar-refractivity contribution in [2.24, 2.45) is 0 Å². The fourth-order valence-corrected chi connectivity index (χ4v) is 15.7. The molecule has 0 spiro atoms. The molecule has 0 saturated heterocycles. The number of benzene rings is 13. The molecule has 20 rings (SSSR count).